The third kappa shape index (κ3) is 5.32. The molecule has 0 aliphatic heterocycles. The van der Waals surface area contributed by atoms with Crippen LogP contribution in [-0.2, 0) is 21.4 Å². The van der Waals surface area contributed by atoms with Gasteiger partial charge in [-0.15, -0.1) is 0 Å². The van der Waals surface area contributed by atoms with E-state index in [2.05, 4.69) is 5.32 Å². The van der Waals surface area contributed by atoms with E-state index in [9.17, 15) is 14.4 Å². The van der Waals surface area contributed by atoms with Gasteiger partial charge in [0.25, 0.3) is 11.8 Å². The van der Waals surface area contributed by atoms with Crippen molar-refractivity contribution in [2.24, 2.45) is 7.05 Å². The Balaban J connectivity index is 1.49. The van der Waals surface area contributed by atoms with Crippen molar-refractivity contribution in [3.63, 3.8) is 0 Å². The molecule has 7 nitrogen and oxygen atoms in total. The lowest BCUT2D eigenvalue weighted by molar-refractivity contribution is -0.150. The zero-order chi connectivity index (χ0) is 20.6. The Labute approximate surface area is 167 Å². The van der Waals surface area contributed by atoms with Gasteiger partial charge in [0.1, 0.15) is 11.4 Å². The summed E-state index contributed by atoms with van der Waals surface area (Å²) in [6.45, 7) is -0.929. The minimum Gasteiger partial charge on any atom is -0.481 e. The van der Waals surface area contributed by atoms with Crippen LogP contribution in [-0.4, -0.2) is 35.6 Å². The highest BCUT2D eigenvalue weighted by atomic mass is 16.6. The van der Waals surface area contributed by atoms with Crippen molar-refractivity contribution in [2.75, 3.05) is 13.2 Å². The summed E-state index contributed by atoms with van der Waals surface area (Å²) in [5, 5.41) is 2.17. The van der Waals surface area contributed by atoms with Crippen LogP contribution in [0.2, 0.25) is 0 Å². The molecule has 0 spiro atoms. The molecule has 0 aliphatic carbocycles. The number of para-hydroxylation sites is 1. The normalized spacial score (nSPS) is 10.2. The highest BCUT2D eigenvalue weighted by Crippen LogP contribution is 2.29. The van der Waals surface area contributed by atoms with E-state index in [0.29, 0.717) is 11.4 Å². The number of esters is 1. The first-order valence-electron chi connectivity index (χ1n) is 8.93. The van der Waals surface area contributed by atoms with E-state index in [0.717, 1.165) is 11.1 Å². The highest BCUT2D eigenvalue weighted by molar-refractivity contribution is 6.04. The van der Waals surface area contributed by atoms with Gasteiger partial charge in [-0.3, -0.25) is 14.9 Å². The molecule has 2 amide bonds. The number of nitrogens with zero attached hydrogens (tertiary/aromatic N) is 1. The second-order valence-corrected chi connectivity index (χ2v) is 6.19. The summed E-state index contributed by atoms with van der Waals surface area (Å²) in [6.07, 6.45) is 1.68. The Morgan fingerprint density at radius 2 is 1.62 bits per heavy atom. The molecule has 1 aromatic heterocycles. The van der Waals surface area contributed by atoms with Gasteiger partial charge >= 0.3 is 5.97 Å². The van der Waals surface area contributed by atoms with Gasteiger partial charge < -0.3 is 14.0 Å². The van der Waals surface area contributed by atoms with Gasteiger partial charge in [0.15, 0.2) is 13.2 Å². The molecule has 7 heteroatoms. The Hall–Kier alpha value is -3.87. The van der Waals surface area contributed by atoms with Crippen LogP contribution in [0.4, 0.5) is 0 Å². The van der Waals surface area contributed by atoms with Crippen LogP contribution in [0.3, 0.4) is 0 Å². The van der Waals surface area contributed by atoms with Crippen molar-refractivity contribution in [1.29, 1.82) is 0 Å². The largest absolute Gasteiger partial charge is 0.481 e. The third-order valence-corrected chi connectivity index (χ3v) is 4.11. The molecule has 0 aliphatic rings. The number of aryl methyl sites for hydroxylation is 1. The summed E-state index contributed by atoms with van der Waals surface area (Å²) >= 11 is 0. The van der Waals surface area contributed by atoms with Crippen LogP contribution in [0.25, 0.3) is 11.1 Å². The number of amides is 2. The maximum Gasteiger partial charge on any atom is 0.344 e. The molecular formula is C22H20N2O5. The third-order valence-electron chi connectivity index (χ3n) is 4.11. The first kappa shape index (κ1) is 19.9. The zero-order valence-electron chi connectivity index (χ0n) is 15.8. The van der Waals surface area contributed by atoms with E-state index in [1.54, 1.807) is 42.1 Å². The van der Waals surface area contributed by atoms with Crippen LogP contribution >= 0.6 is 0 Å². The number of nitrogens with one attached hydrogen (secondary N) is 1. The van der Waals surface area contributed by atoms with Crippen molar-refractivity contribution in [3.05, 3.63) is 78.6 Å². The lowest BCUT2D eigenvalue weighted by Gasteiger charge is -2.11. The van der Waals surface area contributed by atoms with E-state index >= 15 is 0 Å². The lowest BCUT2D eigenvalue weighted by Crippen LogP contribution is -2.35. The quantitative estimate of drug-likeness (QED) is 0.625. The van der Waals surface area contributed by atoms with Crippen LogP contribution in [0.1, 0.15) is 10.5 Å². The van der Waals surface area contributed by atoms with Crippen LogP contribution in [0.5, 0.6) is 5.75 Å². The average molecular weight is 392 g/mol. The summed E-state index contributed by atoms with van der Waals surface area (Å²) in [5.41, 5.74) is 2.12. The standard InChI is InChI=1S/C22H20N2O5/c1-24-13-7-11-18(24)22(27)23-20(25)14-29-21(26)15-28-19-12-6-5-10-17(19)16-8-3-2-4-9-16/h2-13H,14-15H2,1H3,(H,23,25,27). The first-order chi connectivity index (χ1) is 14.0. The number of imide groups is 1. The topological polar surface area (TPSA) is 86.6 Å². The number of carbonyl (C=O) groups is 3. The monoisotopic (exact) mass is 392 g/mol. The second-order valence-electron chi connectivity index (χ2n) is 6.19. The molecule has 2 aromatic carbocycles. The summed E-state index contributed by atoms with van der Waals surface area (Å²) in [5.74, 6) is -1.46. The van der Waals surface area contributed by atoms with E-state index in [4.69, 9.17) is 9.47 Å². The Morgan fingerprint density at radius 3 is 2.34 bits per heavy atom. The fraction of sp³-hybridized carbons (Fsp3) is 0.136. The van der Waals surface area contributed by atoms with Crippen molar-refractivity contribution >= 4 is 17.8 Å². The molecule has 1 heterocycles. The molecule has 3 rings (SSSR count). The molecule has 0 unspecified atom stereocenters. The van der Waals surface area contributed by atoms with Gasteiger partial charge in [0, 0.05) is 18.8 Å². The number of hydrogen-bond donors (Lipinski definition) is 1. The number of aromatic nitrogens is 1. The molecule has 0 fully saturated rings. The predicted octanol–water partition coefficient (Wildman–Crippen LogP) is 2.57. The summed E-state index contributed by atoms with van der Waals surface area (Å²) in [4.78, 5) is 35.7. The molecule has 1 N–H and O–H groups in total. The average Bonchev–Trinajstić information content (AvgIpc) is 3.17. The van der Waals surface area contributed by atoms with Crippen molar-refractivity contribution in [1.82, 2.24) is 9.88 Å². The smallest absolute Gasteiger partial charge is 0.344 e. The fourth-order valence-corrected chi connectivity index (χ4v) is 2.70. The summed E-state index contributed by atoms with van der Waals surface area (Å²) in [6, 6.07) is 20.2. The van der Waals surface area contributed by atoms with Gasteiger partial charge in [-0.2, -0.15) is 0 Å². The van der Waals surface area contributed by atoms with Crippen molar-refractivity contribution < 1.29 is 23.9 Å². The SMILES string of the molecule is Cn1cccc1C(=O)NC(=O)COC(=O)COc1ccccc1-c1ccccc1. The lowest BCUT2D eigenvalue weighted by atomic mass is 10.1. The minimum absolute atomic E-state index is 0.325. The zero-order valence-corrected chi connectivity index (χ0v) is 15.8. The fourth-order valence-electron chi connectivity index (χ4n) is 2.70. The van der Waals surface area contributed by atoms with Gasteiger partial charge in [0.2, 0.25) is 0 Å². The van der Waals surface area contributed by atoms with Gasteiger partial charge in [-0.05, 0) is 23.8 Å². The predicted molar refractivity (Wildman–Crippen MR) is 106 cm³/mol. The van der Waals surface area contributed by atoms with E-state index in [1.807, 2.05) is 42.5 Å². The molecule has 29 heavy (non-hydrogen) atoms. The first-order valence-corrected chi connectivity index (χ1v) is 8.93. The highest BCUT2D eigenvalue weighted by Gasteiger charge is 2.15. The van der Waals surface area contributed by atoms with Gasteiger partial charge in [-0.1, -0.05) is 48.5 Å². The van der Waals surface area contributed by atoms with Crippen molar-refractivity contribution in [3.8, 4) is 16.9 Å². The number of rotatable bonds is 7. The summed E-state index contributed by atoms with van der Waals surface area (Å²) < 4.78 is 12.0. The number of benzene rings is 2. The van der Waals surface area contributed by atoms with Crippen LogP contribution < -0.4 is 10.1 Å². The minimum atomic E-state index is -0.714. The maximum atomic E-state index is 11.9. The van der Waals surface area contributed by atoms with Gasteiger partial charge in [0.05, 0.1) is 0 Å². The van der Waals surface area contributed by atoms with E-state index in [1.165, 1.54) is 0 Å². The molecule has 0 saturated carbocycles. The van der Waals surface area contributed by atoms with Gasteiger partial charge in [-0.25, -0.2) is 4.79 Å². The molecule has 0 radical (unpaired) electrons. The number of carbonyl (C=O) groups excluding carboxylic acids is 3. The van der Waals surface area contributed by atoms with Crippen molar-refractivity contribution in [2.45, 2.75) is 0 Å². The molecule has 0 bridgehead atoms. The second kappa shape index (κ2) is 9.36. The number of hydrogen-bond acceptors (Lipinski definition) is 5. The maximum absolute atomic E-state index is 11.9. The van der Waals surface area contributed by atoms with Crippen LogP contribution in [0, 0.1) is 0 Å². The Bertz CT molecular complexity index is 1010. The summed E-state index contributed by atoms with van der Waals surface area (Å²) in [7, 11) is 1.68. The molecule has 0 atom stereocenters. The van der Waals surface area contributed by atoms with E-state index in [-0.39, 0.29) is 6.61 Å². The Kier molecular flexibility index (Phi) is 6.42. The van der Waals surface area contributed by atoms with Crippen LogP contribution in [0.15, 0.2) is 72.9 Å². The molecule has 148 valence electrons. The van der Waals surface area contributed by atoms with E-state index < -0.39 is 24.4 Å². The molecule has 0 saturated heterocycles. The molecule has 3 aromatic rings. The Morgan fingerprint density at radius 1 is 0.897 bits per heavy atom. The molecular weight excluding hydrogens is 372 g/mol. The number of ether oxygens (including phenoxy) is 2.